The van der Waals surface area contributed by atoms with Gasteiger partial charge in [0.15, 0.2) is 11.6 Å². The molecule has 0 spiro atoms. The molecule has 0 aliphatic carbocycles. The Morgan fingerprint density at radius 2 is 1.85 bits per heavy atom. The molecule has 1 aliphatic heterocycles. The van der Waals surface area contributed by atoms with Crippen LogP contribution in [0.25, 0.3) is 27.7 Å². The fourth-order valence-electron chi connectivity index (χ4n) is 4.41. The first-order valence-corrected chi connectivity index (χ1v) is 12.0. The molecule has 0 saturated carbocycles. The van der Waals surface area contributed by atoms with Crippen LogP contribution in [0.5, 0.6) is 0 Å². The molecule has 2 aromatic heterocycles. The highest BCUT2D eigenvalue weighted by Gasteiger charge is 2.37. The zero-order valence-electron chi connectivity index (χ0n) is 18.8. The van der Waals surface area contributed by atoms with Crippen LogP contribution in [0.4, 0.5) is 14.5 Å². The summed E-state index contributed by atoms with van der Waals surface area (Å²) in [4.78, 5) is 0. The fraction of sp³-hybridized carbons (Fsp3) is 0.304. The highest BCUT2D eigenvalue weighted by molar-refractivity contribution is 7.90. The predicted octanol–water partition coefficient (Wildman–Crippen LogP) is 4.72. The Labute approximate surface area is 190 Å². The van der Waals surface area contributed by atoms with Crippen molar-refractivity contribution >= 4 is 26.6 Å². The Bertz CT molecular complexity index is 1550. The third kappa shape index (κ3) is 2.93. The Kier molecular flexibility index (Phi) is 4.49. The zero-order chi connectivity index (χ0) is 23.9. The Hall–Kier alpha value is -3.27. The van der Waals surface area contributed by atoms with E-state index in [9.17, 15) is 8.42 Å². The summed E-state index contributed by atoms with van der Waals surface area (Å²) in [7, 11) is -3.65. The second-order valence-corrected chi connectivity index (χ2v) is 11.4. The van der Waals surface area contributed by atoms with E-state index in [0.29, 0.717) is 28.2 Å². The number of aromatic nitrogens is 4. The van der Waals surface area contributed by atoms with Crippen LogP contribution in [0, 0.1) is 18.6 Å². The third-order valence-corrected chi connectivity index (χ3v) is 8.14. The number of rotatable bonds is 3. The van der Waals surface area contributed by atoms with Gasteiger partial charge in [0, 0.05) is 17.6 Å². The molecule has 172 valence electrons. The number of anilines is 1. The number of aryl methyl sites for hydroxylation is 1. The summed E-state index contributed by atoms with van der Waals surface area (Å²) in [5, 5.41) is 11.2. The van der Waals surface area contributed by atoms with Crippen LogP contribution < -0.4 is 5.32 Å². The van der Waals surface area contributed by atoms with E-state index in [-0.39, 0.29) is 16.8 Å². The van der Waals surface area contributed by atoms with Gasteiger partial charge in [-0.1, -0.05) is 12.1 Å². The molecule has 5 rings (SSSR count). The van der Waals surface area contributed by atoms with E-state index in [1.54, 1.807) is 49.6 Å². The van der Waals surface area contributed by atoms with Crippen molar-refractivity contribution in [1.82, 2.24) is 18.7 Å². The van der Waals surface area contributed by atoms with Crippen molar-refractivity contribution < 1.29 is 17.2 Å². The second kappa shape index (κ2) is 6.86. The van der Waals surface area contributed by atoms with Crippen molar-refractivity contribution in [3.05, 3.63) is 59.8 Å². The number of hydrogen-bond donors (Lipinski definition) is 1. The minimum absolute atomic E-state index is 0.134. The molecule has 4 aromatic rings. The summed E-state index contributed by atoms with van der Waals surface area (Å²) >= 11 is 0. The summed E-state index contributed by atoms with van der Waals surface area (Å²) in [5.41, 5.74) is 0.130. The lowest BCUT2D eigenvalue weighted by molar-refractivity contribution is 0.517. The van der Waals surface area contributed by atoms with Crippen LogP contribution in [0.3, 0.4) is 0 Å². The molecule has 0 fully saturated rings. The largest absolute Gasteiger partial charge is 0.371 e. The maximum absolute atomic E-state index is 16.1. The number of halogens is 2. The highest BCUT2D eigenvalue weighted by atomic mass is 32.2. The average Bonchev–Trinajstić information content (AvgIpc) is 3.33. The molecule has 1 aliphatic rings. The first kappa shape index (κ1) is 21.6. The molecule has 1 N–H and O–H groups in total. The fourth-order valence-corrected chi connectivity index (χ4v) is 5.52. The number of nitrogens with zero attached hydrogens (tertiary/aromatic N) is 4. The molecule has 0 atom stereocenters. The number of nitrogens with one attached hydrogen (secondary N) is 1. The molecule has 33 heavy (non-hydrogen) atoms. The molecule has 10 heteroatoms. The SMILES string of the molecule is Cc1nnc2n1-c1c(cc(F)c(-c3cccc4c3ccn4S(=O)(=O)C(C)C)c1F)NC2(C)C. The maximum atomic E-state index is 16.1. The van der Waals surface area contributed by atoms with Gasteiger partial charge in [0.05, 0.1) is 27.6 Å². The van der Waals surface area contributed by atoms with Gasteiger partial charge >= 0.3 is 0 Å². The molecule has 7 nitrogen and oxygen atoms in total. The van der Waals surface area contributed by atoms with E-state index in [4.69, 9.17) is 0 Å². The maximum Gasteiger partial charge on any atom is 0.241 e. The first-order chi connectivity index (χ1) is 15.4. The second-order valence-electron chi connectivity index (χ2n) is 9.04. The van der Waals surface area contributed by atoms with Crippen molar-refractivity contribution in [2.45, 2.75) is 45.4 Å². The van der Waals surface area contributed by atoms with Gasteiger partial charge < -0.3 is 5.32 Å². The molecular formula is C23H23F2N5O2S. The first-order valence-electron chi connectivity index (χ1n) is 10.5. The van der Waals surface area contributed by atoms with Gasteiger partial charge in [-0.25, -0.2) is 21.2 Å². The topological polar surface area (TPSA) is 81.8 Å². The molecule has 0 radical (unpaired) electrons. The smallest absolute Gasteiger partial charge is 0.241 e. The van der Waals surface area contributed by atoms with Gasteiger partial charge in [0.1, 0.15) is 17.3 Å². The minimum atomic E-state index is -3.65. The number of fused-ring (bicyclic) bond motifs is 4. The lowest BCUT2D eigenvalue weighted by atomic mass is 9.95. The summed E-state index contributed by atoms with van der Waals surface area (Å²) in [6, 6.07) is 7.64. The number of hydrogen-bond acceptors (Lipinski definition) is 5. The Morgan fingerprint density at radius 1 is 1.12 bits per heavy atom. The van der Waals surface area contributed by atoms with Gasteiger partial charge in [0.2, 0.25) is 10.0 Å². The minimum Gasteiger partial charge on any atom is -0.371 e. The predicted molar refractivity (Wildman–Crippen MR) is 123 cm³/mol. The molecule has 0 unspecified atom stereocenters. The van der Waals surface area contributed by atoms with Crippen LogP contribution >= 0.6 is 0 Å². The number of benzene rings is 2. The van der Waals surface area contributed by atoms with E-state index in [1.165, 1.54) is 12.3 Å². The van der Waals surface area contributed by atoms with E-state index >= 15 is 8.78 Å². The normalized spacial score (nSPS) is 14.9. The van der Waals surface area contributed by atoms with Gasteiger partial charge in [-0.15, -0.1) is 10.2 Å². The highest BCUT2D eigenvalue weighted by Crippen LogP contribution is 2.43. The summed E-state index contributed by atoms with van der Waals surface area (Å²) in [5.74, 6) is -0.541. The van der Waals surface area contributed by atoms with Crippen molar-refractivity contribution in [2.75, 3.05) is 5.32 Å². The monoisotopic (exact) mass is 471 g/mol. The van der Waals surface area contributed by atoms with Crippen LogP contribution in [0.1, 0.15) is 39.3 Å². The molecule has 0 saturated heterocycles. The van der Waals surface area contributed by atoms with Crippen molar-refractivity contribution in [3.63, 3.8) is 0 Å². The summed E-state index contributed by atoms with van der Waals surface area (Å²) in [6.07, 6.45) is 1.42. The quantitative estimate of drug-likeness (QED) is 0.468. The zero-order valence-corrected chi connectivity index (χ0v) is 19.6. The Morgan fingerprint density at radius 3 is 2.55 bits per heavy atom. The molecule has 3 heterocycles. The molecule has 2 aromatic carbocycles. The van der Waals surface area contributed by atoms with Crippen LogP contribution in [-0.2, 0) is 15.6 Å². The van der Waals surface area contributed by atoms with Gasteiger partial charge in [-0.3, -0.25) is 4.57 Å². The van der Waals surface area contributed by atoms with Gasteiger partial charge in [0.25, 0.3) is 0 Å². The van der Waals surface area contributed by atoms with Gasteiger partial charge in [-0.05, 0) is 52.3 Å². The third-order valence-electron chi connectivity index (χ3n) is 6.08. The van der Waals surface area contributed by atoms with Crippen molar-refractivity contribution in [2.24, 2.45) is 0 Å². The van der Waals surface area contributed by atoms with E-state index in [2.05, 4.69) is 15.5 Å². The van der Waals surface area contributed by atoms with E-state index < -0.39 is 32.4 Å². The van der Waals surface area contributed by atoms with E-state index in [0.717, 1.165) is 3.97 Å². The van der Waals surface area contributed by atoms with Crippen LogP contribution in [0.2, 0.25) is 0 Å². The lowest BCUT2D eigenvalue weighted by Crippen LogP contribution is -2.36. The van der Waals surface area contributed by atoms with Gasteiger partial charge in [-0.2, -0.15) is 0 Å². The molecular weight excluding hydrogens is 448 g/mol. The van der Waals surface area contributed by atoms with Crippen molar-refractivity contribution in [1.29, 1.82) is 0 Å². The Balaban J connectivity index is 1.81. The van der Waals surface area contributed by atoms with Crippen LogP contribution in [0.15, 0.2) is 36.5 Å². The standard InChI is InChI=1S/C23H23F2N5O2S/c1-12(2)33(31,32)29-10-9-14-15(7-6-8-18(14)29)19-16(24)11-17-21(20(19)25)30-13(3)27-28-22(30)23(4,5)26-17/h6-12,26H,1-5H3. The summed E-state index contributed by atoms with van der Waals surface area (Å²) in [6.45, 7) is 8.60. The van der Waals surface area contributed by atoms with Crippen LogP contribution in [-0.4, -0.2) is 32.4 Å². The summed E-state index contributed by atoms with van der Waals surface area (Å²) < 4.78 is 59.8. The van der Waals surface area contributed by atoms with E-state index in [1.807, 2.05) is 13.8 Å². The average molecular weight is 472 g/mol. The van der Waals surface area contributed by atoms with Crippen molar-refractivity contribution in [3.8, 4) is 16.8 Å². The lowest BCUT2D eigenvalue weighted by Gasteiger charge is -2.34. The molecule has 0 bridgehead atoms. The molecule has 0 amide bonds.